The summed E-state index contributed by atoms with van der Waals surface area (Å²) >= 11 is 0. The van der Waals surface area contributed by atoms with Crippen LogP contribution in [0, 0.1) is 5.92 Å². The molecule has 0 saturated heterocycles. The molecule has 3 nitrogen and oxygen atoms in total. The van der Waals surface area contributed by atoms with Crippen LogP contribution in [0.5, 0.6) is 0 Å². The highest BCUT2D eigenvalue weighted by molar-refractivity contribution is 5.68. The molecule has 1 aromatic carbocycles. The Balaban J connectivity index is 1.85. The number of rotatable bonds is 5. The number of benzene rings is 1. The van der Waals surface area contributed by atoms with Crippen LogP contribution < -0.4 is 0 Å². The summed E-state index contributed by atoms with van der Waals surface area (Å²) in [6.45, 7) is 5.19. The van der Waals surface area contributed by atoms with E-state index in [1.54, 1.807) is 0 Å². The first-order chi connectivity index (χ1) is 8.72. The smallest absolute Gasteiger partial charge is 0.410 e. The summed E-state index contributed by atoms with van der Waals surface area (Å²) in [4.78, 5) is 13.9. The number of hydrogen-bond donors (Lipinski definition) is 0. The molecule has 2 rings (SSSR count). The van der Waals surface area contributed by atoms with Crippen LogP contribution in [0.4, 0.5) is 4.79 Å². The van der Waals surface area contributed by atoms with Gasteiger partial charge in [-0.1, -0.05) is 30.3 Å². The zero-order valence-corrected chi connectivity index (χ0v) is 11.1. The van der Waals surface area contributed by atoms with Crippen LogP contribution in [0.2, 0.25) is 0 Å². The van der Waals surface area contributed by atoms with Gasteiger partial charge in [-0.3, -0.25) is 0 Å². The number of nitrogens with zero attached hydrogens (tertiary/aromatic N) is 1. The van der Waals surface area contributed by atoms with Crippen molar-refractivity contribution < 1.29 is 9.53 Å². The van der Waals surface area contributed by atoms with E-state index in [2.05, 4.69) is 6.92 Å². The van der Waals surface area contributed by atoms with Crippen molar-refractivity contribution in [3.63, 3.8) is 0 Å². The van der Waals surface area contributed by atoms with Crippen LogP contribution in [0.1, 0.15) is 32.3 Å². The fourth-order valence-corrected chi connectivity index (χ4v) is 2.22. The molecular weight excluding hydrogens is 226 g/mol. The molecule has 0 N–H and O–H groups in total. The number of amides is 1. The number of hydrogen-bond acceptors (Lipinski definition) is 2. The van der Waals surface area contributed by atoms with Crippen molar-refractivity contribution in [1.82, 2.24) is 4.90 Å². The molecule has 0 radical (unpaired) electrons. The van der Waals surface area contributed by atoms with Crippen LogP contribution >= 0.6 is 0 Å². The minimum absolute atomic E-state index is 0.194. The molecule has 1 aliphatic rings. The van der Waals surface area contributed by atoms with Crippen LogP contribution in [-0.4, -0.2) is 23.6 Å². The van der Waals surface area contributed by atoms with E-state index in [4.69, 9.17) is 4.74 Å². The van der Waals surface area contributed by atoms with Crippen molar-refractivity contribution in [2.24, 2.45) is 5.92 Å². The standard InChI is InChI=1S/C15H21NO2/c1-3-16(12(2)14-9-10-14)15(17)18-11-13-7-5-4-6-8-13/h4-8,12,14H,3,9-11H2,1-2H3. The molecule has 0 aliphatic heterocycles. The van der Waals surface area contributed by atoms with Crippen LogP contribution in [0.3, 0.4) is 0 Å². The predicted molar refractivity (Wildman–Crippen MR) is 71.2 cm³/mol. The summed E-state index contributed by atoms with van der Waals surface area (Å²) in [5, 5.41) is 0. The molecule has 98 valence electrons. The fourth-order valence-electron chi connectivity index (χ4n) is 2.22. The molecule has 1 unspecified atom stereocenters. The zero-order valence-electron chi connectivity index (χ0n) is 11.1. The van der Waals surface area contributed by atoms with Gasteiger partial charge in [-0.05, 0) is 38.2 Å². The Labute approximate surface area is 109 Å². The van der Waals surface area contributed by atoms with Gasteiger partial charge in [0.2, 0.25) is 0 Å². The lowest BCUT2D eigenvalue weighted by atomic mass is 10.2. The van der Waals surface area contributed by atoms with E-state index in [0.29, 0.717) is 25.1 Å². The lowest BCUT2D eigenvalue weighted by molar-refractivity contribution is 0.0815. The molecule has 18 heavy (non-hydrogen) atoms. The van der Waals surface area contributed by atoms with E-state index >= 15 is 0 Å². The Morgan fingerprint density at radius 1 is 1.39 bits per heavy atom. The van der Waals surface area contributed by atoms with E-state index in [0.717, 1.165) is 5.56 Å². The average molecular weight is 247 g/mol. The van der Waals surface area contributed by atoms with Gasteiger partial charge >= 0.3 is 6.09 Å². The highest BCUT2D eigenvalue weighted by Crippen LogP contribution is 2.35. The van der Waals surface area contributed by atoms with Gasteiger partial charge in [0.1, 0.15) is 6.61 Å². The lowest BCUT2D eigenvalue weighted by Crippen LogP contribution is -2.40. The first kappa shape index (κ1) is 12.9. The summed E-state index contributed by atoms with van der Waals surface area (Å²) < 4.78 is 5.37. The van der Waals surface area contributed by atoms with Crippen molar-refractivity contribution in [1.29, 1.82) is 0 Å². The molecule has 3 heteroatoms. The van der Waals surface area contributed by atoms with Gasteiger partial charge in [-0.2, -0.15) is 0 Å². The maximum Gasteiger partial charge on any atom is 0.410 e. The minimum atomic E-state index is -0.194. The van der Waals surface area contributed by atoms with Gasteiger partial charge in [0, 0.05) is 12.6 Å². The van der Waals surface area contributed by atoms with Gasteiger partial charge < -0.3 is 9.64 Å². The summed E-state index contributed by atoms with van der Waals surface area (Å²) in [5.41, 5.74) is 1.03. The van der Waals surface area contributed by atoms with Crippen LogP contribution in [0.15, 0.2) is 30.3 Å². The van der Waals surface area contributed by atoms with Crippen LogP contribution in [0.25, 0.3) is 0 Å². The van der Waals surface area contributed by atoms with Crippen molar-refractivity contribution >= 4 is 6.09 Å². The highest BCUT2D eigenvalue weighted by Gasteiger charge is 2.34. The molecule has 1 atom stereocenters. The molecule has 0 aromatic heterocycles. The number of carbonyl (C=O) groups excluding carboxylic acids is 1. The Bertz CT molecular complexity index is 387. The quantitative estimate of drug-likeness (QED) is 0.797. The molecule has 0 bridgehead atoms. The van der Waals surface area contributed by atoms with E-state index in [9.17, 15) is 4.79 Å². The van der Waals surface area contributed by atoms with Crippen molar-refractivity contribution in [2.75, 3.05) is 6.54 Å². The van der Waals surface area contributed by atoms with Crippen molar-refractivity contribution in [2.45, 2.75) is 39.3 Å². The van der Waals surface area contributed by atoms with E-state index in [1.807, 2.05) is 42.2 Å². The second kappa shape index (κ2) is 5.89. The summed E-state index contributed by atoms with van der Waals surface area (Å²) in [5.74, 6) is 0.675. The lowest BCUT2D eigenvalue weighted by Gasteiger charge is -2.27. The molecule has 1 saturated carbocycles. The first-order valence-electron chi connectivity index (χ1n) is 6.69. The minimum Gasteiger partial charge on any atom is -0.445 e. The molecule has 0 spiro atoms. The largest absolute Gasteiger partial charge is 0.445 e. The Morgan fingerprint density at radius 2 is 2.06 bits per heavy atom. The first-order valence-corrected chi connectivity index (χ1v) is 6.69. The average Bonchev–Trinajstić information content (AvgIpc) is 3.22. The number of ether oxygens (including phenoxy) is 1. The third kappa shape index (κ3) is 3.25. The summed E-state index contributed by atoms with van der Waals surface area (Å²) in [6.07, 6.45) is 2.29. The topological polar surface area (TPSA) is 29.5 Å². The molecule has 0 heterocycles. The van der Waals surface area contributed by atoms with Gasteiger partial charge in [-0.25, -0.2) is 4.79 Å². The van der Waals surface area contributed by atoms with E-state index in [-0.39, 0.29) is 6.09 Å². The highest BCUT2D eigenvalue weighted by atomic mass is 16.6. The second-order valence-corrected chi connectivity index (χ2v) is 4.90. The molecular formula is C15H21NO2. The maximum absolute atomic E-state index is 12.0. The molecule has 1 aliphatic carbocycles. The monoisotopic (exact) mass is 247 g/mol. The van der Waals surface area contributed by atoms with E-state index < -0.39 is 0 Å². The molecule has 1 aromatic rings. The van der Waals surface area contributed by atoms with Crippen LogP contribution in [-0.2, 0) is 11.3 Å². The SMILES string of the molecule is CCN(C(=O)OCc1ccccc1)C(C)C1CC1. The third-order valence-corrected chi connectivity index (χ3v) is 3.58. The van der Waals surface area contributed by atoms with Gasteiger partial charge in [0.15, 0.2) is 0 Å². The normalized spacial score (nSPS) is 16.1. The van der Waals surface area contributed by atoms with Crippen molar-refractivity contribution in [3.05, 3.63) is 35.9 Å². The Hall–Kier alpha value is -1.51. The summed E-state index contributed by atoms with van der Waals surface area (Å²) in [6, 6.07) is 10.1. The zero-order chi connectivity index (χ0) is 13.0. The van der Waals surface area contributed by atoms with Crippen molar-refractivity contribution in [3.8, 4) is 0 Å². The molecule has 1 amide bonds. The fraction of sp³-hybridized carbons (Fsp3) is 0.533. The van der Waals surface area contributed by atoms with E-state index in [1.165, 1.54) is 12.8 Å². The predicted octanol–water partition coefficient (Wildman–Crippen LogP) is 3.44. The summed E-state index contributed by atoms with van der Waals surface area (Å²) in [7, 11) is 0. The van der Waals surface area contributed by atoms with Gasteiger partial charge in [0.05, 0.1) is 0 Å². The number of carbonyl (C=O) groups is 1. The Kier molecular flexibility index (Phi) is 4.24. The third-order valence-electron chi connectivity index (χ3n) is 3.58. The second-order valence-electron chi connectivity index (χ2n) is 4.90. The maximum atomic E-state index is 12.0. The van der Waals surface area contributed by atoms with Gasteiger partial charge in [-0.15, -0.1) is 0 Å². The van der Waals surface area contributed by atoms with Gasteiger partial charge in [0.25, 0.3) is 0 Å². The molecule has 1 fully saturated rings. The Morgan fingerprint density at radius 3 is 2.61 bits per heavy atom.